The van der Waals surface area contributed by atoms with E-state index in [1.165, 1.54) is 5.69 Å². The Bertz CT molecular complexity index is 561. The first-order valence-corrected chi connectivity index (χ1v) is 6.73. The molecular formula is C17H20NO+. The average molecular weight is 254 g/mol. The maximum Gasteiger partial charge on any atom is 0.205 e. The molecule has 0 N–H and O–H groups in total. The van der Waals surface area contributed by atoms with E-state index in [-0.39, 0.29) is 0 Å². The van der Waals surface area contributed by atoms with Crippen LogP contribution in [0.4, 0.5) is 0 Å². The van der Waals surface area contributed by atoms with E-state index in [0.29, 0.717) is 6.61 Å². The van der Waals surface area contributed by atoms with Crippen molar-refractivity contribution < 1.29 is 9.30 Å². The number of hydrogen-bond acceptors (Lipinski definition) is 1. The van der Waals surface area contributed by atoms with Crippen molar-refractivity contribution in [3.63, 3.8) is 0 Å². The summed E-state index contributed by atoms with van der Waals surface area (Å²) in [7, 11) is 0. The Morgan fingerprint density at radius 3 is 2.58 bits per heavy atom. The van der Waals surface area contributed by atoms with E-state index in [9.17, 15) is 0 Å². The molecule has 2 aromatic rings. The molecule has 98 valence electrons. The first-order chi connectivity index (χ1) is 9.35. The molecule has 0 radical (unpaired) electrons. The van der Waals surface area contributed by atoms with Crippen molar-refractivity contribution in [3.05, 3.63) is 59.9 Å². The van der Waals surface area contributed by atoms with Crippen molar-refractivity contribution in [3.8, 4) is 5.75 Å². The Morgan fingerprint density at radius 2 is 1.79 bits per heavy atom. The number of pyridine rings is 1. The van der Waals surface area contributed by atoms with Crippen molar-refractivity contribution in [1.82, 2.24) is 0 Å². The SMILES string of the molecule is CCOc1ccccc1/C=C/c1cccc[n+]1CC. The zero-order valence-electron chi connectivity index (χ0n) is 11.5. The fourth-order valence-corrected chi connectivity index (χ4v) is 2.01. The van der Waals surface area contributed by atoms with Gasteiger partial charge in [0.05, 0.1) is 6.61 Å². The molecular weight excluding hydrogens is 234 g/mol. The minimum Gasteiger partial charge on any atom is -0.493 e. The lowest BCUT2D eigenvalue weighted by Gasteiger charge is -2.06. The Hall–Kier alpha value is -2.09. The van der Waals surface area contributed by atoms with Gasteiger partial charge in [0.2, 0.25) is 5.69 Å². The van der Waals surface area contributed by atoms with Crippen LogP contribution in [0.1, 0.15) is 25.1 Å². The smallest absolute Gasteiger partial charge is 0.205 e. The monoisotopic (exact) mass is 254 g/mol. The number of nitrogens with zero attached hydrogens (tertiary/aromatic N) is 1. The van der Waals surface area contributed by atoms with Crippen LogP contribution in [-0.4, -0.2) is 6.61 Å². The van der Waals surface area contributed by atoms with Crippen LogP contribution in [0.15, 0.2) is 48.7 Å². The Balaban J connectivity index is 2.27. The highest BCUT2D eigenvalue weighted by Gasteiger charge is 2.03. The molecule has 0 unspecified atom stereocenters. The largest absolute Gasteiger partial charge is 0.493 e. The first kappa shape index (κ1) is 13.3. The zero-order valence-corrected chi connectivity index (χ0v) is 11.5. The normalized spacial score (nSPS) is 10.8. The summed E-state index contributed by atoms with van der Waals surface area (Å²) in [4.78, 5) is 0. The van der Waals surface area contributed by atoms with Crippen molar-refractivity contribution in [1.29, 1.82) is 0 Å². The van der Waals surface area contributed by atoms with Crippen LogP contribution in [0.3, 0.4) is 0 Å². The molecule has 2 heteroatoms. The first-order valence-electron chi connectivity index (χ1n) is 6.73. The van der Waals surface area contributed by atoms with Gasteiger partial charge in [-0.05, 0) is 32.1 Å². The molecule has 0 spiro atoms. The summed E-state index contributed by atoms with van der Waals surface area (Å²) in [6.45, 7) is 5.80. The van der Waals surface area contributed by atoms with E-state index in [1.807, 2.05) is 25.1 Å². The maximum atomic E-state index is 5.62. The van der Waals surface area contributed by atoms with Gasteiger partial charge in [-0.2, -0.15) is 4.57 Å². The van der Waals surface area contributed by atoms with Crippen LogP contribution in [0.2, 0.25) is 0 Å². The van der Waals surface area contributed by atoms with Crippen LogP contribution in [0, 0.1) is 0 Å². The van der Waals surface area contributed by atoms with Crippen LogP contribution in [0.5, 0.6) is 5.75 Å². The summed E-state index contributed by atoms with van der Waals surface area (Å²) in [5, 5.41) is 0. The van der Waals surface area contributed by atoms with E-state index >= 15 is 0 Å². The van der Waals surface area contributed by atoms with E-state index < -0.39 is 0 Å². The van der Waals surface area contributed by atoms with Crippen LogP contribution >= 0.6 is 0 Å². The standard InChI is InChI=1S/C17H20NO/c1-3-18-14-8-7-10-16(18)13-12-15-9-5-6-11-17(15)19-4-2/h5-14H,3-4H2,1-2H3/q+1/b13-12+. The lowest BCUT2D eigenvalue weighted by Crippen LogP contribution is -2.34. The number of ether oxygens (including phenoxy) is 1. The predicted octanol–water partition coefficient (Wildman–Crippen LogP) is 3.56. The molecule has 2 nitrogen and oxygen atoms in total. The van der Waals surface area contributed by atoms with Crippen molar-refractivity contribution >= 4 is 12.2 Å². The van der Waals surface area contributed by atoms with E-state index in [0.717, 1.165) is 17.9 Å². The van der Waals surface area contributed by atoms with Crippen LogP contribution in [0.25, 0.3) is 12.2 Å². The number of para-hydroxylation sites is 1. The second-order valence-electron chi connectivity index (χ2n) is 4.22. The molecule has 0 bridgehead atoms. The lowest BCUT2D eigenvalue weighted by molar-refractivity contribution is -0.695. The van der Waals surface area contributed by atoms with Gasteiger partial charge in [0.25, 0.3) is 0 Å². The Kier molecular flexibility index (Phi) is 4.73. The van der Waals surface area contributed by atoms with Gasteiger partial charge in [-0.15, -0.1) is 0 Å². The quantitative estimate of drug-likeness (QED) is 0.744. The number of aryl methyl sites for hydroxylation is 1. The van der Waals surface area contributed by atoms with E-state index in [2.05, 4.69) is 54.1 Å². The van der Waals surface area contributed by atoms with Crippen LogP contribution < -0.4 is 9.30 Å². The summed E-state index contributed by atoms with van der Waals surface area (Å²) < 4.78 is 7.83. The second kappa shape index (κ2) is 6.74. The minimum atomic E-state index is 0.686. The van der Waals surface area contributed by atoms with Crippen molar-refractivity contribution in [2.75, 3.05) is 6.61 Å². The maximum absolute atomic E-state index is 5.62. The lowest BCUT2D eigenvalue weighted by atomic mass is 10.1. The Labute approximate surface area is 115 Å². The third-order valence-corrected chi connectivity index (χ3v) is 2.97. The number of rotatable bonds is 5. The van der Waals surface area contributed by atoms with Gasteiger partial charge in [0.1, 0.15) is 12.3 Å². The Morgan fingerprint density at radius 1 is 1.00 bits per heavy atom. The highest BCUT2D eigenvalue weighted by atomic mass is 16.5. The average Bonchev–Trinajstić information content (AvgIpc) is 2.47. The summed E-state index contributed by atoms with van der Waals surface area (Å²) in [6.07, 6.45) is 6.32. The molecule has 0 atom stereocenters. The molecule has 19 heavy (non-hydrogen) atoms. The number of aromatic nitrogens is 1. The van der Waals surface area contributed by atoms with Gasteiger partial charge in [-0.25, -0.2) is 0 Å². The molecule has 0 aliphatic heterocycles. The van der Waals surface area contributed by atoms with E-state index in [4.69, 9.17) is 4.74 Å². The summed E-state index contributed by atoms with van der Waals surface area (Å²) >= 11 is 0. The molecule has 0 aliphatic rings. The minimum absolute atomic E-state index is 0.686. The van der Waals surface area contributed by atoms with Gasteiger partial charge in [-0.3, -0.25) is 0 Å². The molecule has 0 saturated carbocycles. The highest BCUT2D eigenvalue weighted by Crippen LogP contribution is 2.20. The topological polar surface area (TPSA) is 13.1 Å². The number of hydrogen-bond donors (Lipinski definition) is 0. The molecule has 2 rings (SSSR count). The zero-order chi connectivity index (χ0) is 13.5. The molecule has 0 fully saturated rings. The summed E-state index contributed by atoms with van der Waals surface area (Å²) in [5.74, 6) is 0.931. The van der Waals surface area contributed by atoms with Gasteiger partial charge in [-0.1, -0.05) is 18.2 Å². The van der Waals surface area contributed by atoms with Gasteiger partial charge in [0, 0.05) is 23.8 Å². The fraction of sp³-hybridized carbons (Fsp3) is 0.235. The van der Waals surface area contributed by atoms with Crippen molar-refractivity contribution in [2.45, 2.75) is 20.4 Å². The van der Waals surface area contributed by atoms with Gasteiger partial charge >= 0.3 is 0 Å². The predicted molar refractivity (Wildman–Crippen MR) is 78.9 cm³/mol. The van der Waals surface area contributed by atoms with Gasteiger partial charge < -0.3 is 4.74 Å². The van der Waals surface area contributed by atoms with Crippen LogP contribution in [-0.2, 0) is 6.54 Å². The third kappa shape index (κ3) is 3.44. The second-order valence-corrected chi connectivity index (χ2v) is 4.22. The molecule has 1 heterocycles. The fourth-order valence-electron chi connectivity index (χ4n) is 2.01. The summed E-state index contributed by atoms with van der Waals surface area (Å²) in [6, 6.07) is 14.3. The van der Waals surface area contributed by atoms with Crippen molar-refractivity contribution in [2.24, 2.45) is 0 Å². The molecule has 0 aliphatic carbocycles. The highest BCUT2D eigenvalue weighted by molar-refractivity contribution is 5.70. The molecule has 0 amide bonds. The summed E-state index contributed by atoms with van der Waals surface area (Å²) in [5.41, 5.74) is 2.30. The third-order valence-electron chi connectivity index (χ3n) is 2.97. The van der Waals surface area contributed by atoms with Gasteiger partial charge in [0.15, 0.2) is 6.20 Å². The molecule has 1 aromatic heterocycles. The molecule has 0 saturated heterocycles. The van der Waals surface area contributed by atoms with E-state index in [1.54, 1.807) is 0 Å². The molecule has 1 aromatic carbocycles. The number of benzene rings is 1.